The largest absolute Gasteiger partial charge is 0.395 e. The second-order valence-corrected chi connectivity index (χ2v) is 4.84. The predicted octanol–water partition coefficient (Wildman–Crippen LogP) is 1.61. The number of hydrogen-bond acceptors (Lipinski definition) is 4. The molecule has 3 nitrogen and oxygen atoms in total. The summed E-state index contributed by atoms with van der Waals surface area (Å²) in [6.45, 7) is -0.184. The molecular weight excluding hydrogens is 234 g/mol. The molecule has 0 aliphatic heterocycles. The first-order valence-electron chi connectivity index (χ1n) is 5.45. The minimum absolute atomic E-state index is 0.0922. The lowest BCUT2D eigenvalue weighted by Gasteiger charge is -2.29. The van der Waals surface area contributed by atoms with Crippen molar-refractivity contribution in [3.63, 3.8) is 0 Å². The Bertz CT molecular complexity index is 438. The topological polar surface area (TPSA) is 53.4 Å². The van der Waals surface area contributed by atoms with Gasteiger partial charge in [0.2, 0.25) is 0 Å². The zero-order valence-electron chi connectivity index (χ0n) is 9.41. The highest BCUT2D eigenvalue weighted by Gasteiger charge is 2.31. The van der Waals surface area contributed by atoms with Crippen molar-refractivity contribution in [2.75, 3.05) is 13.2 Å². The number of nitrogens with zero attached hydrogens (tertiary/aromatic N) is 1. The highest BCUT2D eigenvalue weighted by molar-refractivity contribution is 7.07. The second-order valence-electron chi connectivity index (χ2n) is 4.12. The Morgan fingerprint density at radius 2 is 1.82 bits per heavy atom. The van der Waals surface area contributed by atoms with Crippen molar-refractivity contribution < 1.29 is 10.2 Å². The summed E-state index contributed by atoms with van der Waals surface area (Å²) in [4.78, 5) is 4.22. The molecule has 90 valence electrons. The average Bonchev–Trinajstić information content (AvgIpc) is 2.90. The molecule has 17 heavy (non-hydrogen) atoms. The van der Waals surface area contributed by atoms with Crippen LogP contribution in [0.2, 0.25) is 0 Å². The molecule has 4 heteroatoms. The number of aromatic nitrogens is 1. The third-order valence-electron chi connectivity index (χ3n) is 2.99. The molecule has 0 unspecified atom stereocenters. The Labute approximate surface area is 104 Å². The van der Waals surface area contributed by atoms with Crippen molar-refractivity contribution in [2.24, 2.45) is 0 Å². The standard InChI is InChI=1S/C13H15NO2S/c15-8-13(9-16,6-12-7-17-10-14-12)11-4-2-1-3-5-11/h1-5,7,10,15-16H,6,8-9H2. The van der Waals surface area contributed by atoms with E-state index in [-0.39, 0.29) is 13.2 Å². The molecule has 0 aliphatic carbocycles. The highest BCUT2D eigenvalue weighted by atomic mass is 32.1. The van der Waals surface area contributed by atoms with E-state index in [1.165, 1.54) is 11.3 Å². The van der Waals surface area contributed by atoms with E-state index in [4.69, 9.17) is 0 Å². The van der Waals surface area contributed by atoms with E-state index in [1.54, 1.807) is 5.51 Å². The maximum absolute atomic E-state index is 9.64. The first kappa shape index (κ1) is 12.2. The van der Waals surface area contributed by atoms with Crippen molar-refractivity contribution in [1.82, 2.24) is 4.98 Å². The van der Waals surface area contributed by atoms with E-state index in [0.717, 1.165) is 11.3 Å². The van der Waals surface area contributed by atoms with Crippen molar-refractivity contribution in [3.05, 3.63) is 52.5 Å². The Morgan fingerprint density at radius 1 is 1.12 bits per heavy atom. The summed E-state index contributed by atoms with van der Waals surface area (Å²) in [7, 11) is 0. The minimum atomic E-state index is -0.644. The summed E-state index contributed by atoms with van der Waals surface area (Å²) in [5.41, 5.74) is 2.97. The molecule has 0 bridgehead atoms. The Hall–Kier alpha value is -1.23. The number of aliphatic hydroxyl groups excluding tert-OH is 2. The molecule has 0 spiro atoms. The van der Waals surface area contributed by atoms with Crippen LogP contribution in [0.3, 0.4) is 0 Å². The van der Waals surface area contributed by atoms with E-state index in [1.807, 2.05) is 35.7 Å². The average molecular weight is 249 g/mol. The van der Waals surface area contributed by atoms with Gasteiger partial charge in [0.05, 0.1) is 24.4 Å². The lowest BCUT2D eigenvalue weighted by atomic mass is 9.78. The predicted molar refractivity (Wildman–Crippen MR) is 68.1 cm³/mol. The van der Waals surface area contributed by atoms with Crippen LogP contribution < -0.4 is 0 Å². The second kappa shape index (κ2) is 5.40. The third-order valence-corrected chi connectivity index (χ3v) is 3.63. The quantitative estimate of drug-likeness (QED) is 0.846. The molecule has 0 atom stereocenters. The lowest BCUT2D eigenvalue weighted by molar-refractivity contribution is 0.115. The molecular formula is C13H15NO2S. The van der Waals surface area contributed by atoms with Crippen molar-refractivity contribution in [3.8, 4) is 0 Å². The van der Waals surface area contributed by atoms with Gasteiger partial charge in [0, 0.05) is 17.2 Å². The summed E-state index contributed by atoms with van der Waals surface area (Å²) in [6, 6.07) is 9.61. The van der Waals surface area contributed by atoms with E-state index >= 15 is 0 Å². The van der Waals surface area contributed by atoms with Gasteiger partial charge in [-0.2, -0.15) is 0 Å². The fourth-order valence-corrected chi connectivity index (χ4v) is 2.47. The summed E-state index contributed by atoms with van der Waals surface area (Å²) in [5.74, 6) is 0. The van der Waals surface area contributed by atoms with Crippen LogP contribution >= 0.6 is 11.3 Å². The third kappa shape index (κ3) is 2.54. The molecule has 0 aliphatic rings. The van der Waals surface area contributed by atoms with Gasteiger partial charge in [-0.15, -0.1) is 11.3 Å². The van der Waals surface area contributed by atoms with E-state index in [2.05, 4.69) is 4.98 Å². The Morgan fingerprint density at radius 3 is 2.35 bits per heavy atom. The van der Waals surface area contributed by atoms with Crippen molar-refractivity contribution >= 4 is 11.3 Å². The number of thiazole rings is 1. The minimum Gasteiger partial charge on any atom is -0.395 e. The fraction of sp³-hybridized carbons (Fsp3) is 0.308. The molecule has 1 aromatic heterocycles. The van der Waals surface area contributed by atoms with Gasteiger partial charge in [-0.1, -0.05) is 30.3 Å². The summed E-state index contributed by atoms with van der Waals surface area (Å²) >= 11 is 1.52. The summed E-state index contributed by atoms with van der Waals surface area (Å²) in [5, 5.41) is 21.2. The van der Waals surface area contributed by atoms with Gasteiger partial charge in [-0.3, -0.25) is 0 Å². The van der Waals surface area contributed by atoms with Gasteiger partial charge in [0.15, 0.2) is 0 Å². The maximum Gasteiger partial charge on any atom is 0.0794 e. The number of benzene rings is 1. The Kier molecular flexibility index (Phi) is 3.89. The van der Waals surface area contributed by atoms with Crippen LogP contribution in [-0.2, 0) is 11.8 Å². The van der Waals surface area contributed by atoms with Gasteiger partial charge in [-0.25, -0.2) is 4.98 Å². The number of hydrogen-bond donors (Lipinski definition) is 2. The van der Waals surface area contributed by atoms with Crippen LogP contribution in [0.15, 0.2) is 41.2 Å². The van der Waals surface area contributed by atoms with Crippen LogP contribution in [0.1, 0.15) is 11.3 Å². The smallest absolute Gasteiger partial charge is 0.0794 e. The van der Waals surface area contributed by atoms with Crippen LogP contribution in [0, 0.1) is 0 Å². The molecule has 1 heterocycles. The monoisotopic (exact) mass is 249 g/mol. The van der Waals surface area contributed by atoms with Gasteiger partial charge in [-0.05, 0) is 5.56 Å². The normalized spacial score (nSPS) is 11.6. The van der Waals surface area contributed by atoms with Gasteiger partial charge >= 0.3 is 0 Å². The summed E-state index contributed by atoms with van der Waals surface area (Å²) < 4.78 is 0. The molecule has 0 amide bonds. The number of rotatable bonds is 5. The zero-order chi connectivity index (χ0) is 12.1. The molecule has 2 rings (SSSR count). The molecule has 0 fully saturated rings. The van der Waals surface area contributed by atoms with Gasteiger partial charge in [0.25, 0.3) is 0 Å². The van der Waals surface area contributed by atoms with Crippen LogP contribution in [0.25, 0.3) is 0 Å². The highest BCUT2D eigenvalue weighted by Crippen LogP contribution is 2.27. The first-order chi connectivity index (χ1) is 8.30. The van der Waals surface area contributed by atoms with Gasteiger partial charge < -0.3 is 10.2 Å². The molecule has 0 radical (unpaired) electrons. The SMILES string of the molecule is OCC(CO)(Cc1cscn1)c1ccccc1. The fourth-order valence-electron chi connectivity index (χ4n) is 1.91. The van der Waals surface area contributed by atoms with Crippen molar-refractivity contribution in [1.29, 1.82) is 0 Å². The van der Waals surface area contributed by atoms with E-state index in [0.29, 0.717) is 6.42 Å². The van der Waals surface area contributed by atoms with E-state index < -0.39 is 5.41 Å². The molecule has 0 saturated heterocycles. The van der Waals surface area contributed by atoms with Crippen molar-refractivity contribution in [2.45, 2.75) is 11.8 Å². The number of aliphatic hydroxyl groups is 2. The summed E-state index contributed by atoms with van der Waals surface area (Å²) in [6.07, 6.45) is 0.549. The van der Waals surface area contributed by atoms with Crippen LogP contribution in [-0.4, -0.2) is 28.4 Å². The van der Waals surface area contributed by atoms with Crippen LogP contribution in [0.5, 0.6) is 0 Å². The first-order valence-corrected chi connectivity index (χ1v) is 6.39. The molecule has 2 N–H and O–H groups in total. The van der Waals surface area contributed by atoms with E-state index in [9.17, 15) is 10.2 Å². The lowest BCUT2D eigenvalue weighted by Crippen LogP contribution is -2.37. The maximum atomic E-state index is 9.64. The van der Waals surface area contributed by atoms with Crippen LogP contribution in [0.4, 0.5) is 0 Å². The zero-order valence-corrected chi connectivity index (χ0v) is 10.2. The molecule has 0 saturated carbocycles. The van der Waals surface area contributed by atoms with Gasteiger partial charge in [0.1, 0.15) is 0 Å². The molecule has 2 aromatic rings. The Balaban J connectivity index is 2.32. The molecule has 1 aromatic carbocycles.